The number of fused-ring (bicyclic) bond motifs is 1. The molecule has 2 aromatic carbocycles. The van der Waals surface area contributed by atoms with E-state index in [4.69, 9.17) is 0 Å². The van der Waals surface area contributed by atoms with Crippen molar-refractivity contribution in [3.8, 4) is 0 Å². The molecule has 1 aliphatic carbocycles. The molecule has 36 heavy (non-hydrogen) atoms. The van der Waals surface area contributed by atoms with Crippen LogP contribution < -0.4 is 21.2 Å². The number of nitrogens with zero attached hydrogens (tertiary/aromatic N) is 4. The van der Waals surface area contributed by atoms with Gasteiger partial charge in [-0.05, 0) is 42.3 Å². The fraction of sp³-hybridized carbons (Fsp3) is 0.320. The van der Waals surface area contributed by atoms with Crippen molar-refractivity contribution in [2.75, 3.05) is 23.8 Å². The van der Waals surface area contributed by atoms with Crippen molar-refractivity contribution in [2.24, 2.45) is 0 Å². The standard InChI is InChI=1S/C25H24N6O5/c1-3-29-17-5-4-6-18-21(17)31(13-20(29)33)24(36)30(18)12-19(32)26-16-8-7-14-10-25(11-15(14)9-16)22(34)27-23(35)28(25)2/h4-9H,3,10-13H2,1-2H3,(H,26,32)(H,27,34,35). The Morgan fingerprint density at radius 3 is 2.58 bits per heavy atom. The van der Waals surface area contributed by atoms with Crippen LogP contribution in [0.1, 0.15) is 18.1 Å². The molecule has 2 N–H and O–H groups in total. The smallest absolute Gasteiger partial charge is 0.325 e. The SMILES string of the molecule is CCN1C(=O)Cn2c(=O)n(CC(=O)Nc3ccc4c(c3)CC3(C4)C(=O)NC(=O)N3C)c3cccc1c32. The van der Waals surface area contributed by atoms with Crippen molar-refractivity contribution in [3.63, 3.8) is 0 Å². The van der Waals surface area contributed by atoms with Crippen LogP contribution in [-0.2, 0) is 40.3 Å². The first kappa shape index (κ1) is 22.1. The minimum atomic E-state index is -0.940. The number of aromatic nitrogens is 2. The molecule has 1 spiro atoms. The molecular weight excluding hydrogens is 464 g/mol. The number of imide groups is 1. The van der Waals surface area contributed by atoms with E-state index in [-0.39, 0.29) is 24.9 Å². The zero-order valence-corrected chi connectivity index (χ0v) is 19.8. The Morgan fingerprint density at radius 1 is 1.08 bits per heavy atom. The third kappa shape index (κ3) is 2.95. The molecule has 11 nitrogen and oxygen atoms in total. The summed E-state index contributed by atoms with van der Waals surface area (Å²) in [7, 11) is 1.61. The van der Waals surface area contributed by atoms with E-state index in [0.717, 1.165) is 11.1 Å². The molecule has 184 valence electrons. The molecule has 1 saturated heterocycles. The minimum Gasteiger partial charge on any atom is -0.325 e. The summed E-state index contributed by atoms with van der Waals surface area (Å²) >= 11 is 0. The molecule has 3 aromatic rings. The van der Waals surface area contributed by atoms with Crippen LogP contribution in [0.2, 0.25) is 0 Å². The number of para-hydroxylation sites is 1. The molecule has 1 fully saturated rings. The van der Waals surface area contributed by atoms with E-state index in [1.807, 2.05) is 19.1 Å². The van der Waals surface area contributed by atoms with Crippen LogP contribution in [0, 0.1) is 0 Å². The molecule has 3 aliphatic rings. The largest absolute Gasteiger partial charge is 0.330 e. The number of urea groups is 1. The minimum absolute atomic E-state index is 0.0636. The summed E-state index contributed by atoms with van der Waals surface area (Å²) in [6, 6.07) is 10.3. The molecule has 6 rings (SSSR count). The highest BCUT2D eigenvalue weighted by Crippen LogP contribution is 2.38. The van der Waals surface area contributed by atoms with Gasteiger partial charge in [-0.2, -0.15) is 0 Å². The molecular formula is C25H24N6O5. The number of amides is 5. The lowest BCUT2D eigenvalue weighted by Gasteiger charge is -2.27. The molecule has 1 aromatic heterocycles. The van der Waals surface area contributed by atoms with Crippen LogP contribution in [0.4, 0.5) is 16.2 Å². The van der Waals surface area contributed by atoms with Gasteiger partial charge in [-0.3, -0.25) is 28.8 Å². The summed E-state index contributed by atoms with van der Waals surface area (Å²) < 4.78 is 2.80. The van der Waals surface area contributed by atoms with Crippen LogP contribution in [0.25, 0.3) is 11.0 Å². The highest BCUT2D eigenvalue weighted by molar-refractivity contribution is 6.08. The predicted molar refractivity (Wildman–Crippen MR) is 131 cm³/mol. The second-order valence-electron chi connectivity index (χ2n) is 9.47. The lowest BCUT2D eigenvalue weighted by atomic mass is 9.95. The predicted octanol–water partition coefficient (Wildman–Crippen LogP) is 0.827. The summed E-state index contributed by atoms with van der Waals surface area (Å²) in [5.41, 5.74) is 2.92. The lowest BCUT2D eigenvalue weighted by molar-refractivity contribution is -0.126. The lowest BCUT2D eigenvalue weighted by Crippen LogP contribution is -2.48. The highest BCUT2D eigenvalue weighted by atomic mass is 16.2. The number of nitrogens with one attached hydrogen (secondary N) is 2. The number of benzene rings is 2. The molecule has 0 radical (unpaired) electrons. The summed E-state index contributed by atoms with van der Waals surface area (Å²) in [5, 5.41) is 5.21. The van der Waals surface area contributed by atoms with E-state index in [9.17, 15) is 24.0 Å². The number of rotatable bonds is 4. The van der Waals surface area contributed by atoms with E-state index in [2.05, 4.69) is 10.6 Å². The van der Waals surface area contributed by atoms with Gasteiger partial charge in [0.15, 0.2) is 0 Å². The molecule has 0 saturated carbocycles. The van der Waals surface area contributed by atoms with Crippen LogP contribution in [0.5, 0.6) is 0 Å². The quantitative estimate of drug-likeness (QED) is 0.526. The number of imidazole rings is 1. The van der Waals surface area contributed by atoms with Crippen molar-refractivity contribution in [1.29, 1.82) is 0 Å². The molecule has 3 heterocycles. The number of hydrogen-bond acceptors (Lipinski definition) is 5. The van der Waals surface area contributed by atoms with Crippen molar-refractivity contribution < 1.29 is 19.2 Å². The van der Waals surface area contributed by atoms with Crippen LogP contribution in [0.3, 0.4) is 0 Å². The number of likely N-dealkylation sites (N-methyl/N-ethyl adjacent to an activating group) is 2. The second kappa shape index (κ2) is 7.54. The molecule has 11 heteroatoms. The number of carbonyl (C=O) groups excluding carboxylic acids is 4. The number of carbonyl (C=O) groups is 4. The summed E-state index contributed by atoms with van der Waals surface area (Å²) in [5.74, 6) is -0.872. The average molecular weight is 489 g/mol. The van der Waals surface area contributed by atoms with Gasteiger partial charge in [0.1, 0.15) is 18.6 Å². The van der Waals surface area contributed by atoms with Crippen LogP contribution in [-0.4, -0.2) is 56.9 Å². The van der Waals surface area contributed by atoms with Gasteiger partial charge in [-0.1, -0.05) is 12.1 Å². The van der Waals surface area contributed by atoms with E-state index < -0.39 is 23.2 Å². The topological polar surface area (TPSA) is 126 Å². The fourth-order valence-corrected chi connectivity index (χ4v) is 5.70. The Morgan fingerprint density at radius 2 is 1.86 bits per heavy atom. The first-order chi connectivity index (χ1) is 17.2. The van der Waals surface area contributed by atoms with E-state index in [1.54, 1.807) is 36.2 Å². The van der Waals surface area contributed by atoms with Gasteiger partial charge in [0.25, 0.3) is 5.91 Å². The fourth-order valence-electron chi connectivity index (χ4n) is 5.70. The molecule has 0 bridgehead atoms. The molecule has 1 unspecified atom stereocenters. The monoisotopic (exact) mass is 488 g/mol. The van der Waals surface area contributed by atoms with Gasteiger partial charge in [-0.25, -0.2) is 9.59 Å². The Hall–Kier alpha value is -4.41. The van der Waals surface area contributed by atoms with Crippen molar-refractivity contribution in [1.82, 2.24) is 19.4 Å². The Labute approximate surface area is 205 Å². The second-order valence-corrected chi connectivity index (χ2v) is 9.47. The van der Waals surface area contributed by atoms with Gasteiger partial charge in [0.2, 0.25) is 11.8 Å². The van der Waals surface area contributed by atoms with Gasteiger partial charge < -0.3 is 15.1 Å². The Bertz CT molecular complexity index is 1570. The van der Waals surface area contributed by atoms with Gasteiger partial charge >= 0.3 is 11.7 Å². The third-order valence-corrected chi connectivity index (χ3v) is 7.56. The van der Waals surface area contributed by atoms with Crippen LogP contribution in [0.15, 0.2) is 41.2 Å². The maximum Gasteiger partial charge on any atom is 0.330 e. The number of hydrogen-bond donors (Lipinski definition) is 2. The van der Waals surface area contributed by atoms with Crippen molar-refractivity contribution >= 4 is 46.2 Å². The maximum absolute atomic E-state index is 13.1. The van der Waals surface area contributed by atoms with Gasteiger partial charge in [-0.15, -0.1) is 0 Å². The molecule has 1 atom stereocenters. The van der Waals surface area contributed by atoms with Gasteiger partial charge in [0, 0.05) is 32.1 Å². The normalized spacial score (nSPS) is 20.4. The third-order valence-electron chi connectivity index (χ3n) is 7.56. The summed E-state index contributed by atoms with van der Waals surface area (Å²) in [4.78, 5) is 66.2. The zero-order chi connectivity index (χ0) is 25.4. The van der Waals surface area contributed by atoms with E-state index in [1.165, 1.54) is 14.0 Å². The van der Waals surface area contributed by atoms with E-state index in [0.29, 0.717) is 41.8 Å². The zero-order valence-electron chi connectivity index (χ0n) is 19.8. The van der Waals surface area contributed by atoms with Crippen molar-refractivity contribution in [3.05, 3.63) is 58.0 Å². The highest BCUT2D eigenvalue weighted by Gasteiger charge is 2.54. The van der Waals surface area contributed by atoms with Crippen LogP contribution >= 0.6 is 0 Å². The van der Waals surface area contributed by atoms with Gasteiger partial charge in [0.05, 0.1) is 16.7 Å². The van der Waals surface area contributed by atoms with E-state index >= 15 is 0 Å². The molecule has 5 amide bonds. The maximum atomic E-state index is 13.1. The Kier molecular flexibility index (Phi) is 4.63. The first-order valence-electron chi connectivity index (χ1n) is 11.8. The molecule has 2 aliphatic heterocycles. The summed E-state index contributed by atoms with van der Waals surface area (Å²) in [6.45, 7) is 2.09. The van der Waals surface area contributed by atoms with Crippen molar-refractivity contribution in [2.45, 2.75) is 38.4 Å². The summed E-state index contributed by atoms with van der Waals surface area (Å²) in [6.07, 6.45) is 0.771. The number of anilines is 2. The Balaban J connectivity index is 1.26. The average Bonchev–Trinajstić information content (AvgIpc) is 3.43. The first-order valence-corrected chi connectivity index (χ1v) is 11.8.